The number of aryl methyl sites for hydroxylation is 1. The van der Waals surface area contributed by atoms with Crippen LogP contribution in [0.4, 0.5) is 10.6 Å². The maximum Gasteiger partial charge on any atom is 0.317 e. The van der Waals surface area contributed by atoms with Gasteiger partial charge in [-0.2, -0.15) is 10.2 Å². The van der Waals surface area contributed by atoms with Crippen molar-refractivity contribution in [3.05, 3.63) is 83.6 Å². The van der Waals surface area contributed by atoms with Gasteiger partial charge >= 0.3 is 6.03 Å². The van der Waals surface area contributed by atoms with Gasteiger partial charge in [-0.25, -0.2) is 9.48 Å². The van der Waals surface area contributed by atoms with Crippen LogP contribution < -0.4 is 11.1 Å². The lowest BCUT2D eigenvalue weighted by molar-refractivity contribution is 0.160. The van der Waals surface area contributed by atoms with E-state index in [0.29, 0.717) is 16.5 Å². The number of nitrogens with two attached hydrogens (primary N) is 1. The first-order chi connectivity index (χ1) is 18.0. The molecule has 3 N–H and O–H groups in total. The number of ether oxygens (including phenoxy) is 1. The minimum atomic E-state index is -0.711. The normalized spacial score (nSPS) is 15.3. The number of primary amides is 1. The molecule has 2 amide bonds. The molecule has 2 aromatic heterocycles. The molecular formula is C27H32ClN7O2. The summed E-state index contributed by atoms with van der Waals surface area (Å²) in [4.78, 5) is 13.7. The number of para-hydroxylation sites is 1. The van der Waals surface area contributed by atoms with E-state index in [2.05, 4.69) is 50.7 Å². The number of methoxy groups -OCH3 is 1. The Morgan fingerprint density at radius 3 is 2.49 bits per heavy atom. The monoisotopic (exact) mass is 521 g/mol. The Morgan fingerprint density at radius 2 is 1.86 bits per heavy atom. The molecule has 5 rings (SSSR count). The van der Waals surface area contributed by atoms with Crippen LogP contribution in [0, 0.1) is 0 Å². The minimum Gasteiger partial charge on any atom is -0.383 e. The zero-order valence-electron chi connectivity index (χ0n) is 21.0. The number of aromatic nitrogens is 4. The predicted octanol–water partition coefficient (Wildman–Crippen LogP) is 4.54. The van der Waals surface area contributed by atoms with Gasteiger partial charge in [0.2, 0.25) is 0 Å². The third-order valence-electron chi connectivity index (χ3n) is 6.20. The van der Waals surface area contributed by atoms with E-state index in [4.69, 9.17) is 22.1 Å². The Hall–Kier alpha value is -3.66. The molecule has 1 aliphatic rings. The molecule has 0 saturated carbocycles. The van der Waals surface area contributed by atoms with Crippen molar-refractivity contribution >= 4 is 23.4 Å². The number of hydrogen-bond donors (Lipinski definition) is 2. The molecule has 0 aliphatic carbocycles. The molecule has 0 bridgehead atoms. The lowest BCUT2D eigenvalue weighted by atomic mass is 9.99. The number of urea groups is 1. The number of hydrogen-bond acceptors (Lipinski definition) is 5. The lowest BCUT2D eigenvalue weighted by Crippen LogP contribution is -2.24. The highest BCUT2D eigenvalue weighted by atomic mass is 35.5. The first kappa shape index (κ1) is 26.4. The van der Waals surface area contributed by atoms with E-state index >= 15 is 0 Å². The molecule has 1 unspecified atom stereocenters. The number of carbonyl (C=O) groups excluding carboxylic acids is 1. The van der Waals surface area contributed by atoms with Crippen molar-refractivity contribution in [3.8, 4) is 16.9 Å². The van der Waals surface area contributed by atoms with E-state index < -0.39 is 6.03 Å². The van der Waals surface area contributed by atoms with Crippen molar-refractivity contribution in [1.82, 2.24) is 24.5 Å². The van der Waals surface area contributed by atoms with Gasteiger partial charge in [0.15, 0.2) is 5.82 Å². The zero-order chi connectivity index (χ0) is 26.2. The first-order valence-corrected chi connectivity index (χ1v) is 12.5. The van der Waals surface area contributed by atoms with Gasteiger partial charge in [0.25, 0.3) is 0 Å². The van der Waals surface area contributed by atoms with Crippen LogP contribution in [0.25, 0.3) is 16.9 Å². The van der Waals surface area contributed by atoms with Crippen LogP contribution in [-0.4, -0.2) is 63.8 Å². The number of halogens is 1. The van der Waals surface area contributed by atoms with E-state index in [-0.39, 0.29) is 0 Å². The van der Waals surface area contributed by atoms with Crippen LogP contribution in [0.2, 0.25) is 5.02 Å². The van der Waals surface area contributed by atoms with E-state index in [1.165, 1.54) is 29.8 Å². The fourth-order valence-electron chi connectivity index (χ4n) is 4.36. The second kappa shape index (κ2) is 12.5. The van der Waals surface area contributed by atoms with Gasteiger partial charge in [0.05, 0.1) is 18.5 Å². The molecule has 1 atom stereocenters. The molecular weight excluding hydrogens is 490 g/mol. The van der Waals surface area contributed by atoms with Crippen molar-refractivity contribution in [3.63, 3.8) is 0 Å². The molecule has 194 valence electrons. The Balaban J connectivity index is 0.000000186. The topological polar surface area (TPSA) is 103 Å². The number of nitrogens with one attached hydrogen (secondary N) is 1. The Kier molecular flexibility index (Phi) is 8.95. The summed E-state index contributed by atoms with van der Waals surface area (Å²) in [5, 5.41) is 11.4. The maximum absolute atomic E-state index is 11.2. The summed E-state index contributed by atoms with van der Waals surface area (Å²) >= 11 is 6.38. The minimum absolute atomic E-state index is 0.302. The quantitative estimate of drug-likeness (QED) is 0.371. The van der Waals surface area contributed by atoms with E-state index in [0.717, 1.165) is 30.3 Å². The second-order valence-corrected chi connectivity index (χ2v) is 9.22. The summed E-state index contributed by atoms with van der Waals surface area (Å²) < 4.78 is 8.29. The van der Waals surface area contributed by atoms with Crippen LogP contribution >= 0.6 is 11.6 Å². The summed E-state index contributed by atoms with van der Waals surface area (Å²) in [6, 6.07) is 19.4. The van der Waals surface area contributed by atoms with E-state index in [1.807, 2.05) is 30.3 Å². The highest BCUT2D eigenvalue weighted by Gasteiger charge is 2.23. The fourth-order valence-corrected chi connectivity index (χ4v) is 4.64. The fraction of sp³-hybridized carbons (Fsp3) is 0.296. The number of carbonyl (C=O) groups is 1. The Labute approximate surface area is 221 Å². The summed E-state index contributed by atoms with van der Waals surface area (Å²) in [7, 11) is 3.57. The van der Waals surface area contributed by atoms with Crippen LogP contribution in [0.15, 0.2) is 73.1 Å². The number of benzene rings is 2. The summed E-state index contributed by atoms with van der Waals surface area (Å²) in [5.41, 5.74) is 8.72. The summed E-state index contributed by atoms with van der Waals surface area (Å²) in [6.07, 6.45) is 4.73. The third kappa shape index (κ3) is 6.76. The van der Waals surface area contributed by atoms with Crippen molar-refractivity contribution in [2.75, 3.05) is 38.7 Å². The summed E-state index contributed by atoms with van der Waals surface area (Å²) in [5.74, 6) is 1.04. The number of rotatable bonds is 7. The van der Waals surface area contributed by atoms with E-state index in [1.54, 1.807) is 31.2 Å². The highest BCUT2D eigenvalue weighted by Crippen LogP contribution is 2.35. The molecule has 0 spiro atoms. The van der Waals surface area contributed by atoms with Crippen molar-refractivity contribution < 1.29 is 9.53 Å². The van der Waals surface area contributed by atoms with Crippen LogP contribution in [-0.2, 0) is 11.8 Å². The number of likely N-dealkylation sites (tertiary alicyclic amines) is 1. The molecule has 1 aliphatic heterocycles. The molecule has 2 aromatic carbocycles. The van der Waals surface area contributed by atoms with Crippen LogP contribution in [0.1, 0.15) is 17.9 Å². The van der Waals surface area contributed by atoms with Crippen molar-refractivity contribution in [1.29, 1.82) is 0 Å². The number of anilines is 1. The largest absolute Gasteiger partial charge is 0.383 e. The molecule has 9 nitrogen and oxygen atoms in total. The van der Waals surface area contributed by atoms with Crippen LogP contribution in [0.3, 0.4) is 0 Å². The Morgan fingerprint density at radius 1 is 1.16 bits per heavy atom. The zero-order valence-corrected chi connectivity index (χ0v) is 21.8. The van der Waals surface area contributed by atoms with Gasteiger partial charge in [-0.3, -0.25) is 10.00 Å². The number of nitrogens with zero attached hydrogens (tertiary/aromatic N) is 5. The maximum atomic E-state index is 11.2. The predicted molar refractivity (Wildman–Crippen MR) is 146 cm³/mol. The van der Waals surface area contributed by atoms with Gasteiger partial charge in [-0.1, -0.05) is 60.1 Å². The van der Waals surface area contributed by atoms with Gasteiger partial charge < -0.3 is 15.4 Å². The van der Waals surface area contributed by atoms with Crippen LogP contribution in [0.5, 0.6) is 0 Å². The molecule has 37 heavy (non-hydrogen) atoms. The average Bonchev–Trinajstić information content (AvgIpc) is 3.64. The smallest absolute Gasteiger partial charge is 0.317 e. The molecule has 4 aromatic rings. The second-order valence-electron chi connectivity index (χ2n) is 8.84. The highest BCUT2D eigenvalue weighted by molar-refractivity contribution is 6.36. The molecule has 1 saturated heterocycles. The number of amides is 2. The lowest BCUT2D eigenvalue weighted by Gasteiger charge is -2.15. The SMILES string of the molecule is COCCN1CCC(c2ccccc2)C1.Cn1cc(-c2nn(-c3ccccc3)c(NC(N)=O)c2Cl)cn1. The van der Waals surface area contributed by atoms with Crippen molar-refractivity contribution in [2.45, 2.75) is 12.3 Å². The van der Waals surface area contributed by atoms with Gasteiger partial charge in [-0.05, 0) is 36.6 Å². The molecule has 10 heteroatoms. The Bertz CT molecular complexity index is 1290. The average molecular weight is 522 g/mol. The van der Waals surface area contributed by atoms with E-state index in [9.17, 15) is 4.79 Å². The first-order valence-electron chi connectivity index (χ1n) is 12.1. The van der Waals surface area contributed by atoms with Crippen molar-refractivity contribution in [2.24, 2.45) is 12.8 Å². The van der Waals surface area contributed by atoms with Gasteiger partial charge in [0.1, 0.15) is 10.7 Å². The standard InChI is InChI=1S/C14H13ClN6O.C13H19NO/c1-20-8-9(7-17-20)12-11(15)13(18-14(16)22)21(19-12)10-5-3-2-4-6-10;1-15-10-9-14-8-7-13(11-14)12-5-3-2-4-6-12/h2-8H,1H3,(H3,16,18,22);2-6,13H,7-11H2,1H3. The third-order valence-corrected chi connectivity index (χ3v) is 6.56. The molecule has 3 heterocycles. The van der Waals surface area contributed by atoms with Gasteiger partial charge in [0, 0.05) is 39.0 Å². The summed E-state index contributed by atoms with van der Waals surface area (Å²) in [6.45, 7) is 4.32. The van der Waals surface area contributed by atoms with Gasteiger partial charge in [-0.15, -0.1) is 0 Å². The molecule has 0 radical (unpaired) electrons. The molecule has 1 fully saturated rings.